The fourth-order valence-corrected chi connectivity index (χ4v) is 5.03. The minimum atomic E-state index is -0.282. The van der Waals surface area contributed by atoms with Gasteiger partial charge in [0.05, 0.1) is 12.6 Å². The first kappa shape index (κ1) is 20.8. The van der Waals surface area contributed by atoms with Crippen LogP contribution in [0.5, 0.6) is 0 Å². The molecule has 0 aliphatic carbocycles. The predicted octanol–water partition coefficient (Wildman–Crippen LogP) is 3.56. The summed E-state index contributed by atoms with van der Waals surface area (Å²) in [7, 11) is 0. The number of hydrogen-bond donors (Lipinski definition) is 3. The number of piperidine rings is 1. The number of rotatable bonds is 6. The quantitative estimate of drug-likeness (QED) is 0.672. The van der Waals surface area contributed by atoms with E-state index in [1.54, 1.807) is 6.07 Å². The second-order valence-electron chi connectivity index (χ2n) is 8.58. The molecular weight excluding hydrogens is 389 g/mol. The highest BCUT2D eigenvalue weighted by molar-refractivity contribution is 6.30. The van der Waals surface area contributed by atoms with Gasteiger partial charge in [0, 0.05) is 36.0 Å². The van der Waals surface area contributed by atoms with E-state index in [9.17, 15) is 9.50 Å². The Morgan fingerprint density at radius 1 is 1.17 bits per heavy atom. The van der Waals surface area contributed by atoms with Crippen molar-refractivity contribution in [2.24, 2.45) is 11.3 Å². The zero-order chi connectivity index (χ0) is 20.3. The van der Waals surface area contributed by atoms with Crippen molar-refractivity contribution in [3.63, 3.8) is 0 Å². The van der Waals surface area contributed by atoms with E-state index in [1.807, 2.05) is 24.3 Å². The van der Waals surface area contributed by atoms with Crippen LogP contribution >= 0.6 is 11.6 Å². The fraction of sp³-hybridized carbons (Fsp3) is 0.478. The largest absolute Gasteiger partial charge is 0.396 e. The molecule has 2 saturated heterocycles. The Labute approximate surface area is 177 Å². The number of hydrazine groups is 1. The topological polar surface area (TPSA) is 47.5 Å². The van der Waals surface area contributed by atoms with Gasteiger partial charge in [-0.25, -0.2) is 9.82 Å². The third-order valence-electron chi connectivity index (χ3n) is 6.41. The number of nitrogens with one attached hydrogen (secondary N) is 2. The maximum Gasteiger partial charge on any atom is 0.126 e. The molecule has 0 spiro atoms. The van der Waals surface area contributed by atoms with Crippen LogP contribution in [0, 0.1) is 17.2 Å². The van der Waals surface area contributed by atoms with Crippen LogP contribution in [-0.2, 0) is 6.42 Å². The predicted molar refractivity (Wildman–Crippen MR) is 114 cm³/mol. The van der Waals surface area contributed by atoms with Crippen LogP contribution in [0.3, 0.4) is 0 Å². The second-order valence-corrected chi connectivity index (χ2v) is 9.02. The molecule has 3 unspecified atom stereocenters. The van der Waals surface area contributed by atoms with E-state index in [4.69, 9.17) is 11.6 Å². The molecule has 2 heterocycles. The summed E-state index contributed by atoms with van der Waals surface area (Å²) in [6, 6.07) is 15.2. The van der Waals surface area contributed by atoms with Gasteiger partial charge in [-0.05, 0) is 55.1 Å². The molecule has 0 saturated carbocycles. The Hall–Kier alpha value is -1.50. The van der Waals surface area contributed by atoms with E-state index in [0.717, 1.165) is 44.0 Å². The Balaban J connectivity index is 1.44. The van der Waals surface area contributed by atoms with Crippen LogP contribution in [-0.4, -0.2) is 42.8 Å². The summed E-state index contributed by atoms with van der Waals surface area (Å²) in [4.78, 5) is 2.45. The van der Waals surface area contributed by atoms with Crippen molar-refractivity contribution in [1.82, 2.24) is 15.8 Å². The van der Waals surface area contributed by atoms with Crippen molar-refractivity contribution < 1.29 is 9.50 Å². The first-order valence-electron chi connectivity index (χ1n) is 10.4. The maximum absolute atomic E-state index is 14.2. The van der Waals surface area contributed by atoms with Gasteiger partial charge in [-0.2, -0.15) is 0 Å². The van der Waals surface area contributed by atoms with Crippen LogP contribution in [0.4, 0.5) is 4.39 Å². The Kier molecular flexibility index (Phi) is 6.52. The average molecular weight is 418 g/mol. The van der Waals surface area contributed by atoms with Gasteiger partial charge in [0.25, 0.3) is 0 Å². The highest BCUT2D eigenvalue weighted by atomic mass is 35.5. The molecule has 4 rings (SSSR count). The summed E-state index contributed by atoms with van der Waals surface area (Å²) < 4.78 is 14.2. The lowest BCUT2D eigenvalue weighted by molar-refractivity contribution is 0.0250. The molecule has 3 atom stereocenters. The van der Waals surface area contributed by atoms with Crippen molar-refractivity contribution in [2.45, 2.75) is 25.3 Å². The van der Waals surface area contributed by atoms with Crippen LogP contribution in [0.25, 0.3) is 0 Å². The number of hydrogen-bond acceptors (Lipinski definition) is 4. The zero-order valence-electron chi connectivity index (χ0n) is 16.6. The number of benzene rings is 2. The van der Waals surface area contributed by atoms with Gasteiger partial charge in [-0.1, -0.05) is 41.9 Å². The van der Waals surface area contributed by atoms with Gasteiger partial charge in [-0.15, -0.1) is 0 Å². The van der Waals surface area contributed by atoms with Crippen LogP contribution < -0.4 is 10.9 Å². The van der Waals surface area contributed by atoms with Gasteiger partial charge < -0.3 is 10.0 Å². The van der Waals surface area contributed by atoms with Crippen molar-refractivity contribution in [1.29, 1.82) is 0 Å². The molecule has 6 heteroatoms. The average Bonchev–Trinajstić information content (AvgIpc) is 3.19. The van der Waals surface area contributed by atoms with Crippen molar-refractivity contribution in [3.8, 4) is 0 Å². The van der Waals surface area contributed by atoms with Gasteiger partial charge in [0.1, 0.15) is 5.82 Å². The molecule has 0 amide bonds. The van der Waals surface area contributed by atoms with Crippen LogP contribution in [0.2, 0.25) is 5.02 Å². The van der Waals surface area contributed by atoms with Gasteiger partial charge >= 0.3 is 0 Å². The van der Waals surface area contributed by atoms with Crippen molar-refractivity contribution >= 4 is 11.6 Å². The summed E-state index contributed by atoms with van der Waals surface area (Å²) in [5, 5.41) is 11.0. The summed E-state index contributed by atoms with van der Waals surface area (Å²) in [6.07, 6.45) is 2.53. The summed E-state index contributed by atoms with van der Waals surface area (Å²) in [5.74, 6) is 0.239. The minimum absolute atomic E-state index is 0.0830. The molecule has 29 heavy (non-hydrogen) atoms. The molecule has 0 bridgehead atoms. The SMILES string of the molecule is OCC1(Cc2ccccc2F)CCCN(CC2CNNC2c2ccc(Cl)cc2)C1. The first-order valence-corrected chi connectivity index (χ1v) is 10.8. The lowest BCUT2D eigenvalue weighted by Crippen LogP contribution is -2.48. The standard InChI is InChI=1S/C23H29ClFN3O/c24-20-8-6-17(7-9-20)22-19(13-26-27-22)14-28-11-3-10-23(15-28,16-29)12-18-4-1-2-5-21(18)25/h1-2,4-9,19,22,26-27,29H,3,10-16H2. The van der Waals surface area contributed by atoms with E-state index in [0.29, 0.717) is 17.9 Å². The molecule has 4 nitrogen and oxygen atoms in total. The molecule has 0 aromatic heterocycles. The lowest BCUT2D eigenvalue weighted by atomic mass is 9.75. The highest BCUT2D eigenvalue weighted by Gasteiger charge is 2.38. The Bertz CT molecular complexity index is 818. The molecule has 2 aromatic rings. The summed E-state index contributed by atoms with van der Waals surface area (Å²) in [6.45, 7) is 3.72. The molecular formula is C23H29ClFN3O. The molecule has 2 aliphatic heterocycles. The summed E-state index contributed by atoms with van der Waals surface area (Å²) in [5.41, 5.74) is 8.34. The van der Waals surface area contributed by atoms with E-state index in [1.165, 1.54) is 11.6 Å². The number of aliphatic hydroxyl groups is 1. The van der Waals surface area contributed by atoms with E-state index < -0.39 is 0 Å². The van der Waals surface area contributed by atoms with Gasteiger partial charge in [0.2, 0.25) is 0 Å². The van der Waals surface area contributed by atoms with E-state index in [2.05, 4.69) is 27.9 Å². The van der Waals surface area contributed by atoms with Gasteiger partial charge in [0.15, 0.2) is 0 Å². The number of nitrogens with zero attached hydrogens (tertiary/aromatic N) is 1. The van der Waals surface area contributed by atoms with Gasteiger partial charge in [-0.3, -0.25) is 5.43 Å². The lowest BCUT2D eigenvalue weighted by Gasteiger charge is -2.43. The molecule has 2 fully saturated rings. The van der Waals surface area contributed by atoms with E-state index >= 15 is 0 Å². The maximum atomic E-state index is 14.2. The van der Waals surface area contributed by atoms with E-state index in [-0.39, 0.29) is 23.9 Å². The third-order valence-corrected chi connectivity index (χ3v) is 6.67. The molecule has 0 radical (unpaired) electrons. The van der Waals surface area contributed by atoms with Crippen LogP contribution in [0.15, 0.2) is 48.5 Å². The second kappa shape index (κ2) is 9.11. The van der Waals surface area contributed by atoms with Crippen LogP contribution in [0.1, 0.15) is 30.0 Å². The molecule has 156 valence electrons. The number of aliphatic hydroxyl groups excluding tert-OH is 1. The number of likely N-dealkylation sites (tertiary alicyclic amines) is 1. The Morgan fingerprint density at radius 2 is 1.97 bits per heavy atom. The van der Waals surface area contributed by atoms with Crippen molar-refractivity contribution in [3.05, 3.63) is 70.5 Å². The zero-order valence-corrected chi connectivity index (χ0v) is 17.3. The number of halogens is 2. The normalized spacial score (nSPS) is 28.0. The first-order chi connectivity index (χ1) is 14.1. The molecule has 2 aliphatic rings. The van der Waals surface area contributed by atoms with Crippen molar-refractivity contribution in [2.75, 3.05) is 32.8 Å². The molecule has 3 N–H and O–H groups in total. The molecule has 2 aromatic carbocycles. The summed E-state index contributed by atoms with van der Waals surface area (Å²) >= 11 is 6.04. The smallest absolute Gasteiger partial charge is 0.126 e. The highest BCUT2D eigenvalue weighted by Crippen LogP contribution is 2.35. The fourth-order valence-electron chi connectivity index (χ4n) is 4.90. The third kappa shape index (κ3) is 4.81. The monoisotopic (exact) mass is 417 g/mol. The minimum Gasteiger partial charge on any atom is -0.396 e. The Morgan fingerprint density at radius 3 is 2.72 bits per heavy atom.